The molecule has 0 heterocycles. The fraction of sp³-hybridized carbons (Fsp3) is 0. The fourth-order valence-corrected chi connectivity index (χ4v) is 2.27. The van der Waals surface area contributed by atoms with E-state index in [0.29, 0.717) is 20.1 Å². The number of phenolic OH excluding ortho intramolecular Hbond substituents is 4. The summed E-state index contributed by atoms with van der Waals surface area (Å²) in [5.41, 5.74) is 0. The van der Waals surface area contributed by atoms with E-state index in [0.717, 1.165) is 0 Å². The van der Waals surface area contributed by atoms with Gasteiger partial charge < -0.3 is 20.4 Å². The Labute approximate surface area is 240 Å². The first kappa shape index (κ1) is 33.5. The molecular weight excluding hydrogens is 749 g/mol. The first-order valence-electron chi connectivity index (χ1n) is 9.24. The van der Waals surface area contributed by atoms with Gasteiger partial charge in [0.2, 0.25) is 0 Å². The molecule has 0 atom stereocenters. The number of halogens is 6. The molecule has 0 saturated carbocycles. The van der Waals surface area contributed by atoms with Crippen LogP contribution < -0.4 is 0 Å². The van der Waals surface area contributed by atoms with Gasteiger partial charge in [0.1, 0.15) is 23.0 Å². The van der Waals surface area contributed by atoms with Gasteiger partial charge in [0.15, 0.2) is 0 Å². The second kappa shape index (κ2) is 20.7. The summed E-state index contributed by atoms with van der Waals surface area (Å²) in [7, 11) is 9.86. The predicted octanol–water partition coefficient (Wildman–Crippen LogP) is 9.56. The quantitative estimate of drug-likeness (QED) is 0.144. The molecule has 4 nitrogen and oxygen atoms in total. The summed E-state index contributed by atoms with van der Waals surface area (Å²) in [5, 5.41) is 37.4. The molecule has 0 bridgehead atoms. The Morgan fingerprint density at radius 2 is 0.457 bits per heavy atom. The van der Waals surface area contributed by atoms with E-state index >= 15 is 0 Å². The molecule has 0 fully saturated rings. The van der Waals surface area contributed by atoms with Crippen molar-refractivity contribution in [1.82, 2.24) is 0 Å². The van der Waals surface area contributed by atoms with Gasteiger partial charge in [-0.1, -0.05) is 46.4 Å². The zero-order chi connectivity index (χ0) is 26.6. The minimum absolute atomic E-state index is 0.245. The topological polar surface area (TPSA) is 80.9 Å². The van der Waals surface area contributed by atoms with E-state index in [-0.39, 0.29) is 23.0 Å². The molecule has 4 aromatic rings. The van der Waals surface area contributed by atoms with E-state index in [9.17, 15) is 0 Å². The van der Waals surface area contributed by atoms with Crippen molar-refractivity contribution < 1.29 is 36.9 Å². The van der Waals surface area contributed by atoms with Crippen LogP contribution in [0.3, 0.4) is 0 Å². The first-order chi connectivity index (χ1) is 16.6. The summed E-state index contributed by atoms with van der Waals surface area (Å²) in [4.78, 5) is 0. The standard InChI is InChI=1S/4C6H5ClO.2ClH.W/c4*7-5-1-3-6(8)4-2-5;;;/h4*1-4,8H;2*1H;/q;;;;;;+2/p-2. The molecular formula is C24H20Cl6O4W. The molecule has 0 saturated heterocycles. The van der Waals surface area contributed by atoms with Gasteiger partial charge in [0.25, 0.3) is 0 Å². The van der Waals surface area contributed by atoms with Crippen LogP contribution >= 0.6 is 65.2 Å². The van der Waals surface area contributed by atoms with E-state index < -0.39 is 16.5 Å². The van der Waals surface area contributed by atoms with Crippen LogP contribution in [0.2, 0.25) is 20.1 Å². The molecule has 0 unspecified atom stereocenters. The normalized spacial score (nSPS) is 8.86. The summed E-state index contributed by atoms with van der Waals surface area (Å²) < 4.78 is 0. The molecule has 11 heteroatoms. The van der Waals surface area contributed by atoms with Crippen molar-refractivity contribution in [3.8, 4) is 23.0 Å². The zero-order valence-corrected chi connectivity index (χ0v) is 25.2. The molecule has 4 N–H and O–H groups in total. The number of benzene rings is 4. The SMILES string of the molecule is Oc1ccc(Cl)cc1.Oc1ccc(Cl)cc1.Oc1ccc(Cl)cc1.Oc1ccc(Cl)cc1.[Cl][W][Cl]. The maximum atomic E-state index is 8.70. The predicted molar refractivity (Wildman–Crippen MR) is 144 cm³/mol. The van der Waals surface area contributed by atoms with Gasteiger partial charge in [0, 0.05) is 20.1 Å². The zero-order valence-electron chi connectivity index (χ0n) is 17.7. The molecule has 4 rings (SSSR count). The first-order valence-corrected chi connectivity index (χ1v) is 18.0. The van der Waals surface area contributed by atoms with Crippen molar-refractivity contribution in [2.45, 2.75) is 0 Å². The van der Waals surface area contributed by atoms with E-state index in [1.54, 1.807) is 97.1 Å². The molecule has 0 spiro atoms. The summed E-state index contributed by atoms with van der Waals surface area (Å²) >= 11 is 21.2. The molecule has 188 valence electrons. The van der Waals surface area contributed by atoms with Crippen LogP contribution in [-0.2, 0) is 16.5 Å². The number of aromatic hydroxyl groups is 4. The van der Waals surface area contributed by atoms with Gasteiger partial charge in [-0.05, 0) is 97.1 Å². The van der Waals surface area contributed by atoms with Crippen molar-refractivity contribution in [1.29, 1.82) is 0 Å². The van der Waals surface area contributed by atoms with Crippen LogP contribution in [0.4, 0.5) is 0 Å². The van der Waals surface area contributed by atoms with Crippen LogP contribution in [0.25, 0.3) is 0 Å². The third-order valence-electron chi connectivity index (χ3n) is 3.31. The molecule has 0 aliphatic heterocycles. The summed E-state index contributed by atoms with van der Waals surface area (Å²) in [6.45, 7) is 0. The summed E-state index contributed by atoms with van der Waals surface area (Å²) in [5.74, 6) is 0.979. The Hall–Kier alpha value is -1.49. The van der Waals surface area contributed by atoms with Crippen LogP contribution in [0, 0.1) is 0 Å². The second-order valence-electron chi connectivity index (χ2n) is 5.96. The molecule has 0 amide bonds. The van der Waals surface area contributed by atoms with Gasteiger partial charge in [-0.3, -0.25) is 0 Å². The molecule has 35 heavy (non-hydrogen) atoms. The Balaban J connectivity index is 0.000000424. The van der Waals surface area contributed by atoms with Crippen molar-refractivity contribution >= 4 is 65.2 Å². The summed E-state index contributed by atoms with van der Waals surface area (Å²) in [6, 6.07) is 25.4. The van der Waals surface area contributed by atoms with E-state index in [4.69, 9.17) is 85.7 Å². The average molecular weight is 769 g/mol. The van der Waals surface area contributed by atoms with Gasteiger partial charge in [0.05, 0.1) is 0 Å². The van der Waals surface area contributed by atoms with E-state index in [2.05, 4.69) is 0 Å². The van der Waals surface area contributed by atoms with Crippen LogP contribution in [0.5, 0.6) is 23.0 Å². The number of hydrogen-bond acceptors (Lipinski definition) is 4. The maximum absolute atomic E-state index is 8.70. The Morgan fingerprint density at radius 3 is 0.543 bits per heavy atom. The average Bonchev–Trinajstić information content (AvgIpc) is 2.83. The van der Waals surface area contributed by atoms with Crippen molar-refractivity contribution in [2.24, 2.45) is 0 Å². The minimum atomic E-state index is -0.806. The van der Waals surface area contributed by atoms with Crippen LogP contribution in [0.1, 0.15) is 0 Å². The third kappa shape index (κ3) is 20.4. The van der Waals surface area contributed by atoms with E-state index in [1.807, 2.05) is 0 Å². The van der Waals surface area contributed by atoms with E-state index in [1.165, 1.54) is 0 Å². The van der Waals surface area contributed by atoms with Crippen molar-refractivity contribution in [3.63, 3.8) is 0 Å². The van der Waals surface area contributed by atoms with Crippen LogP contribution in [0.15, 0.2) is 97.1 Å². The Kier molecular flexibility index (Phi) is 19.8. The Morgan fingerprint density at radius 1 is 0.343 bits per heavy atom. The van der Waals surface area contributed by atoms with Gasteiger partial charge in [-0.15, -0.1) is 0 Å². The molecule has 0 aliphatic carbocycles. The molecule has 0 aliphatic rings. The molecule has 0 radical (unpaired) electrons. The molecule has 0 aromatic heterocycles. The Bertz CT molecular complexity index is 791. The third-order valence-corrected chi connectivity index (χ3v) is 4.31. The monoisotopic (exact) mass is 766 g/mol. The number of hydrogen-bond donors (Lipinski definition) is 4. The second-order valence-corrected chi connectivity index (χ2v) is 11.9. The van der Waals surface area contributed by atoms with Crippen molar-refractivity contribution in [2.75, 3.05) is 0 Å². The van der Waals surface area contributed by atoms with Crippen LogP contribution in [-0.4, -0.2) is 20.4 Å². The number of rotatable bonds is 0. The fourth-order valence-electron chi connectivity index (χ4n) is 1.76. The van der Waals surface area contributed by atoms with Gasteiger partial charge >= 0.3 is 35.3 Å². The van der Waals surface area contributed by atoms with Crippen molar-refractivity contribution in [3.05, 3.63) is 117 Å². The summed E-state index contributed by atoms with van der Waals surface area (Å²) in [6.07, 6.45) is 0. The molecule has 4 aromatic carbocycles. The van der Waals surface area contributed by atoms with Gasteiger partial charge in [-0.25, -0.2) is 0 Å². The van der Waals surface area contributed by atoms with Gasteiger partial charge in [-0.2, -0.15) is 0 Å². The number of phenols is 4.